The minimum absolute atomic E-state index is 0.235. The van der Waals surface area contributed by atoms with Gasteiger partial charge in [-0.15, -0.1) is 0 Å². The van der Waals surface area contributed by atoms with Crippen molar-refractivity contribution in [1.29, 1.82) is 5.26 Å². The molecule has 0 spiro atoms. The molecule has 0 N–H and O–H groups in total. The molecule has 34 heavy (non-hydrogen) atoms. The number of hydrazone groups is 1. The van der Waals surface area contributed by atoms with Crippen molar-refractivity contribution in [2.24, 2.45) is 5.10 Å². The van der Waals surface area contributed by atoms with Crippen LogP contribution in [0.3, 0.4) is 0 Å². The molecule has 0 radical (unpaired) electrons. The van der Waals surface area contributed by atoms with Gasteiger partial charge in [-0.1, -0.05) is 15.9 Å². The summed E-state index contributed by atoms with van der Waals surface area (Å²) in [4.78, 5) is 24.9. The molecule has 0 saturated heterocycles. The summed E-state index contributed by atoms with van der Waals surface area (Å²) in [6, 6.07) is 12.1. The maximum atomic E-state index is 13.1. The zero-order chi connectivity index (χ0) is 24.8. The van der Waals surface area contributed by atoms with Gasteiger partial charge >= 0.3 is 5.97 Å². The molecule has 1 amide bonds. The van der Waals surface area contributed by atoms with Crippen molar-refractivity contribution in [2.75, 3.05) is 18.2 Å². The number of carbonyl (C=O) groups is 2. The summed E-state index contributed by atoms with van der Waals surface area (Å²) < 4.78 is 17.1. The van der Waals surface area contributed by atoms with Gasteiger partial charge in [0.2, 0.25) is 0 Å². The molecule has 0 aromatic heterocycles. The summed E-state index contributed by atoms with van der Waals surface area (Å²) in [7, 11) is 0. The van der Waals surface area contributed by atoms with Crippen molar-refractivity contribution in [1.82, 2.24) is 0 Å². The minimum atomic E-state index is -0.481. The first-order valence-electron chi connectivity index (χ1n) is 10.6. The van der Waals surface area contributed by atoms with Crippen LogP contribution in [0.1, 0.15) is 38.8 Å². The molecular weight excluding hydrogens is 502 g/mol. The first-order chi connectivity index (χ1) is 16.2. The van der Waals surface area contributed by atoms with E-state index in [1.807, 2.05) is 6.92 Å². The molecule has 0 saturated carbocycles. The smallest absolute Gasteiger partial charge is 0.344 e. The normalized spacial score (nSPS) is 14.3. The second-order valence-corrected chi connectivity index (χ2v) is 8.45. The minimum Gasteiger partial charge on any atom is -0.490 e. The number of esters is 1. The molecule has 1 aliphatic rings. The number of anilines is 1. The average Bonchev–Trinajstić information content (AvgIpc) is 3.08. The number of amides is 1. The summed E-state index contributed by atoms with van der Waals surface area (Å²) >= 11 is 3.51. The van der Waals surface area contributed by atoms with Crippen LogP contribution in [0.5, 0.6) is 11.5 Å². The molecule has 0 fully saturated rings. The monoisotopic (exact) mass is 525 g/mol. The fourth-order valence-electron chi connectivity index (χ4n) is 3.17. The predicted molar refractivity (Wildman–Crippen MR) is 132 cm³/mol. The van der Waals surface area contributed by atoms with Crippen LogP contribution in [0.25, 0.3) is 6.08 Å². The number of halogens is 1. The molecule has 0 atom stereocenters. The SMILES string of the molecule is CCOc1cc(/C=C2/C(=O)N(c3ccc(C#N)cc3)N=C2C)c(Br)cc1OCC(=O)OC(C)C. The van der Waals surface area contributed by atoms with E-state index in [0.29, 0.717) is 50.7 Å². The van der Waals surface area contributed by atoms with Gasteiger partial charge in [-0.2, -0.15) is 15.4 Å². The van der Waals surface area contributed by atoms with Gasteiger partial charge in [-0.3, -0.25) is 4.79 Å². The van der Waals surface area contributed by atoms with Crippen LogP contribution in [0.15, 0.2) is 51.5 Å². The fourth-order valence-corrected chi connectivity index (χ4v) is 3.60. The number of rotatable bonds is 8. The van der Waals surface area contributed by atoms with Crippen LogP contribution >= 0.6 is 15.9 Å². The van der Waals surface area contributed by atoms with Gasteiger partial charge < -0.3 is 14.2 Å². The van der Waals surface area contributed by atoms with Crippen LogP contribution in [0.2, 0.25) is 0 Å². The molecule has 9 heteroatoms. The highest BCUT2D eigenvalue weighted by Gasteiger charge is 2.29. The number of carbonyl (C=O) groups excluding carboxylic acids is 2. The molecule has 176 valence electrons. The highest BCUT2D eigenvalue weighted by Crippen LogP contribution is 2.36. The van der Waals surface area contributed by atoms with Crippen LogP contribution in [-0.2, 0) is 14.3 Å². The Morgan fingerprint density at radius 2 is 1.88 bits per heavy atom. The average molecular weight is 526 g/mol. The van der Waals surface area contributed by atoms with Gasteiger partial charge in [0.05, 0.1) is 41.3 Å². The zero-order valence-corrected chi connectivity index (χ0v) is 20.9. The van der Waals surface area contributed by atoms with Gasteiger partial charge in [0.15, 0.2) is 18.1 Å². The highest BCUT2D eigenvalue weighted by atomic mass is 79.9. The van der Waals surface area contributed by atoms with E-state index in [9.17, 15) is 9.59 Å². The largest absolute Gasteiger partial charge is 0.490 e. The topological polar surface area (TPSA) is 101 Å². The lowest BCUT2D eigenvalue weighted by Crippen LogP contribution is -2.21. The number of hydrogen-bond acceptors (Lipinski definition) is 7. The fraction of sp³-hybridized carbons (Fsp3) is 0.280. The molecular formula is C25H24BrN3O5. The van der Waals surface area contributed by atoms with Crippen LogP contribution in [0, 0.1) is 11.3 Å². The number of benzene rings is 2. The summed E-state index contributed by atoms with van der Waals surface area (Å²) in [5.41, 5.74) is 2.72. The van der Waals surface area contributed by atoms with E-state index in [-0.39, 0.29) is 18.6 Å². The number of ether oxygens (including phenoxy) is 3. The maximum Gasteiger partial charge on any atom is 0.344 e. The van der Waals surface area contributed by atoms with E-state index in [4.69, 9.17) is 19.5 Å². The molecule has 1 heterocycles. The number of nitriles is 1. The Hall–Kier alpha value is -3.64. The molecule has 3 rings (SSSR count). The maximum absolute atomic E-state index is 13.1. The summed E-state index contributed by atoms with van der Waals surface area (Å²) in [5, 5.41) is 14.7. The van der Waals surface area contributed by atoms with Crippen molar-refractivity contribution in [2.45, 2.75) is 33.8 Å². The third-order valence-corrected chi connectivity index (χ3v) is 5.37. The lowest BCUT2D eigenvalue weighted by atomic mass is 10.1. The molecule has 0 aliphatic carbocycles. The van der Waals surface area contributed by atoms with E-state index in [2.05, 4.69) is 27.1 Å². The van der Waals surface area contributed by atoms with Crippen LogP contribution < -0.4 is 14.5 Å². The molecule has 2 aromatic rings. The Labute approximate surface area is 206 Å². The van der Waals surface area contributed by atoms with Gasteiger partial charge in [-0.05, 0) is 75.7 Å². The van der Waals surface area contributed by atoms with E-state index in [0.717, 1.165) is 0 Å². The second-order valence-electron chi connectivity index (χ2n) is 7.60. The van der Waals surface area contributed by atoms with E-state index in [1.54, 1.807) is 63.2 Å². The predicted octanol–water partition coefficient (Wildman–Crippen LogP) is 4.86. The summed E-state index contributed by atoms with van der Waals surface area (Å²) in [6.07, 6.45) is 1.48. The lowest BCUT2D eigenvalue weighted by Gasteiger charge is -2.15. The Kier molecular flexibility index (Phi) is 8.08. The first kappa shape index (κ1) is 25.0. The van der Waals surface area contributed by atoms with Gasteiger partial charge in [0, 0.05) is 4.47 Å². The summed E-state index contributed by atoms with van der Waals surface area (Å²) in [5.74, 6) is 0.0349. The summed E-state index contributed by atoms with van der Waals surface area (Å²) in [6.45, 7) is 7.25. The Balaban J connectivity index is 1.87. The van der Waals surface area contributed by atoms with Crippen molar-refractivity contribution in [3.8, 4) is 17.6 Å². The second kappa shape index (κ2) is 11.0. The third kappa shape index (κ3) is 5.83. The molecule has 2 aromatic carbocycles. The number of nitrogens with zero attached hydrogens (tertiary/aromatic N) is 3. The molecule has 0 bridgehead atoms. The van der Waals surface area contributed by atoms with Gasteiger partial charge in [0.25, 0.3) is 5.91 Å². The zero-order valence-electron chi connectivity index (χ0n) is 19.3. The van der Waals surface area contributed by atoms with E-state index >= 15 is 0 Å². The highest BCUT2D eigenvalue weighted by molar-refractivity contribution is 9.10. The Bertz CT molecular complexity index is 1200. The van der Waals surface area contributed by atoms with Crippen molar-refractivity contribution >= 4 is 45.3 Å². The third-order valence-electron chi connectivity index (χ3n) is 4.68. The standard InChI is InChI=1S/C25H24BrN3O5/c1-5-32-22-11-18(21(26)12-23(22)33-14-24(30)34-15(2)3)10-20-16(4)28-29(25(20)31)19-8-6-17(13-27)7-9-19/h6-12,15H,5,14H2,1-4H3/b20-10+. The first-order valence-corrected chi connectivity index (χ1v) is 11.4. The number of hydrogen-bond donors (Lipinski definition) is 0. The van der Waals surface area contributed by atoms with Crippen molar-refractivity contribution in [3.05, 3.63) is 57.6 Å². The Morgan fingerprint density at radius 1 is 1.21 bits per heavy atom. The van der Waals surface area contributed by atoms with Gasteiger partial charge in [0.1, 0.15) is 0 Å². The molecule has 1 aliphatic heterocycles. The quantitative estimate of drug-likeness (QED) is 0.360. The van der Waals surface area contributed by atoms with E-state index < -0.39 is 5.97 Å². The molecule has 0 unspecified atom stereocenters. The van der Waals surface area contributed by atoms with Crippen molar-refractivity contribution < 1.29 is 23.8 Å². The van der Waals surface area contributed by atoms with Crippen LogP contribution in [-0.4, -0.2) is 36.9 Å². The van der Waals surface area contributed by atoms with Gasteiger partial charge in [-0.25, -0.2) is 4.79 Å². The Morgan fingerprint density at radius 3 is 2.50 bits per heavy atom. The molecule has 8 nitrogen and oxygen atoms in total. The van der Waals surface area contributed by atoms with Crippen LogP contribution in [0.4, 0.5) is 5.69 Å². The van der Waals surface area contributed by atoms with E-state index in [1.165, 1.54) is 5.01 Å². The lowest BCUT2D eigenvalue weighted by molar-refractivity contribution is -0.149. The van der Waals surface area contributed by atoms with Crippen molar-refractivity contribution in [3.63, 3.8) is 0 Å².